The van der Waals surface area contributed by atoms with Crippen LogP contribution in [-0.4, -0.2) is 15.1 Å². The molecule has 5 nitrogen and oxygen atoms in total. The van der Waals surface area contributed by atoms with E-state index in [1.165, 1.54) is 0 Å². The summed E-state index contributed by atoms with van der Waals surface area (Å²) in [6.45, 7) is 0. The van der Waals surface area contributed by atoms with Gasteiger partial charge in [-0.25, -0.2) is 0 Å². The summed E-state index contributed by atoms with van der Waals surface area (Å²) < 4.78 is 5.18. The third-order valence-corrected chi connectivity index (χ3v) is 2.38. The number of rotatable bonds is 1. The minimum atomic E-state index is 0.151. The summed E-state index contributed by atoms with van der Waals surface area (Å²) in [4.78, 5) is 7.07. The molecule has 0 saturated carbocycles. The van der Waals surface area contributed by atoms with E-state index in [0.717, 1.165) is 11.3 Å². The maximum atomic E-state index is 9.18. The predicted octanol–water partition coefficient (Wildman–Crippen LogP) is 2.11. The highest BCUT2D eigenvalue weighted by Crippen LogP contribution is 2.26. The van der Waals surface area contributed by atoms with E-state index in [9.17, 15) is 5.11 Å². The van der Waals surface area contributed by atoms with Crippen molar-refractivity contribution in [2.75, 3.05) is 5.73 Å². The SMILES string of the molecule is Nc1nc2[nH]c(-c3ccc(O)cc3)cc2o1. The molecule has 5 heteroatoms. The number of aromatic nitrogens is 2. The Morgan fingerprint density at radius 1 is 1.25 bits per heavy atom. The second-order valence-electron chi connectivity index (χ2n) is 3.49. The average molecular weight is 215 g/mol. The molecule has 0 aliphatic rings. The van der Waals surface area contributed by atoms with Crippen LogP contribution < -0.4 is 5.73 Å². The summed E-state index contributed by atoms with van der Waals surface area (Å²) in [5, 5.41) is 9.18. The van der Waals surface area contributed by atoms with Crippen LogP contribution >= 0.6 is 0 Å². The number of nitrogen functional groups attached to an aromatic ring is 1. The van der Waals surface area contributed by atoms with E-state index in [-0.39, 0.29) is 11.8 Å². The molecule has 0 aliphatic carbocycles. The molecule has 80 valence electrons. The number of nitrogens with two attached hydrogens (primary N) is 1. The molecule has 0 aliphatic heterocycles. The number of fused-ring (bicyclic) bond motifs is 1. The Bertz CT molecular complexity index is 605. The second kappa shape index (κ2) is 3.03. The molecule has 3 rings (SSSR count). The van der Waals surface area contributed by atoms with E-state index in [1.807, 2.05) is 18.2 Å². The molecule has 0 radical (unpaired) electrons. The molecule has 3 aromatic rings. The van der Waals surface area contributed by atoms with Crippen LogP contribution in [0.4, 0.5) is 6.01 Å². The molecule has 0 amide bonds. The molecule has 0 spiro atoms. The highest BCUT2D eigenvalue weighted by molar-refractivity contribution is 5.79. The van der Waals surface area contributed by atoms with Gasteiger partial charge in [-0.2, -0.15) is 4.98 Å². The molecule has 0 bridgehead atoms. The van der Waals surface area contributed by atoms with Crippen LogP contribution in [0.15, 0.2) is 34.7 Å². The quantitative estimate of drug-likeness (QED) is 0.580. The van der Waals surface area contributed by atoms with E-state index >= 15 is 0 Å². The molecule has 0 fully saturated rings. The van der Waals surface area contributed by atoms with Gasteiger partial charge in [0.25, 0.3) is 6.01 Å². The van der Waals surface area contributed by atoms with Gasteiger partial charge in [-0.3, -0.25) is 0 Å². The van der Waals surface area contributed by atoms with Crippen molar-refractivity contribution in [3.8, 4) is 17.0 Å². The molecule has 1 aromatic carbocycles. The molecule has 0 atom stereocenters. The summed E-state index contributed by atoms with van der Waals surface area (Å²) in [6.07, 6.45) is 0. The molecular weight excluding hydrogens is 206 g/mol. The van der Waals surface area contributed by atoms with Crippen molar-refractivity contribution in [3.05, 3.63) is 30.3 Å². The number of phenolic OH excluding ortho intramolecular Hbond substituents is 1. The molecule has 0 unspecified atom stereocenters. The first kappa shape index (κ1) is 8.84. The average Bonchev–Trinajstić information content (AvgIpc) is 2.75. The summed E-state index contributed by atoms with van der Waals surface area (Å²) in [6, 6.07) is 8.84. The fourth-order valence-corrected chi connectivity index (χ4v) is 1.63. The van der Waals surface area contributed by atoms with Crippen molar-refractivity contribution in [1.82, 2.24) is 9.97 Å². The Balaban J connectivity index is 2.11. The van der Waals surface area contributed by atoms with Crippen molar-refractivity contribution in [2.45, 2.75) is 0 Å². The lowest BCUT2D eigenvalue weighted by Crippen LogP contribution is -1.82. The van der Waals surface area contributed by atoms with Crippen molar-refractivity contribution in [3.63, 3.8) is 0 Å². The number of anilines is 1. The minimum absolute atomic E-state index is 0.151. The first-order chi connectivity index (χ1) is 7.72. The zero-order valence-corrected chi connectivity index (χ0v) is 8.27. The number of phenols is 1. The van der Waals surface area contributed by atoms with Crippen LogP contribution in [0.3, 0.4) is 0 Å². The van der Waals surface area contributed by atoms with Crippen molar-refractivity contribution in [1.29, 1.82) is 0 Å². The van der Waals surface area contributed by atoms with Gasteiger partial charge < -0.3 is 20.2 Å². The lowest BCUT2D eigenvalue weighted by atomic mass is 10.1. The smallest absolute Gasteiger partial charge is 0.294 e. The first-order valence-electron chi connectivity index (χ1n) is 4.77. The Kier molecular flexibility index (Phi) is 1.67. The molecule has 16 heavy (non-hydrogen) atoms. The van der Waals surface area contributed by atoms with Crippen molar-refractivity contribution in [2.24, 2.45) is 0 Å². The van der Waals surface area contributed by atoms with Crippen molar-refractivity contribution >= 4 is 17.2 Å². The lowest BCUT2D eigenvalue weighted by molar-refractivity contribution is 0.475. The third-order valence-electron chi connectivity index (χ3n) is 2.38. The number of aromatic hydroxyl groups is 1. The number of H-pyrrole nitrogens is 1. The Labute approximate surface area is 90.5 Å². The van der Waals surface area contributed by atoms with E-state index in [4.69, 9.17) is 10.2 Å². The fourth-order valence-electron chi connectivity index (χ4n) is 1.63. The standard InChI is InChI=1S/C11H9N3O2/c12-11-14-10-9(16-11)5-8(13-10)6-1-3-7(15)4-2-6/h1-5,13,15H,(H2,12,14). The monoisotopic (exact) mass is 215 g/mol. The maximum Gasteiger partial charge on any atom is 0.294 e. The van der Waals surface area contributed by atoms with Gasteiger partial charge in [-0.15, -0.1) is 0 Å². The minimum Gasteiger partial charge on any atom is -0.508 e. The summed E-state index contributed by atoms with van der Waals surface area (Å²) in [5.74, 6) is 0.237. The fraction of sp³-hybridized carbons (Fsp3) is 0. The number of oxazole rings is 1. The zero-order valence-electron chi connectivity index (χ0n) is 8.27. The van der Waals surface area contributed by atoms with Gasteiger partial charge in [0, 0.05) is 6.07 Å². The second-order valence-corrected chi connectivity index (χ2v) is 3.49. The number of hydrogen-bond donors (Lipinski definition) is 3. The number of benzene rings is 1. The largest absolute Gasteiger partial charge is 0.508 e. The molecule has 2 aromatic heterocycles. The van der Waals surface area contributed by atoms with E-state index in [1.54, 1.807) is 12.1 Å². The lowest BCUT2D eigenvalue weighted by Gasteiger charge is -1.97. The Morgan fingerprint density at radius 2 is 2.00 bits per heavy atom. The van der Waals surface area contributed by atoms with E-state index < -0.39 is 0 Å². The van der Waals surface area contributed by atoms with Gasteiger partial charge in [-0.05, 0) is 29.8 Å². The van der Waals surface area contributed by atoms with Gasteiger partial charge in [-0.1, -0.05) is 0 Å². The Hall–Kier alpha value is -2.43. The predicted molar refractivity (Wildman–Crippen MR) is 59.9 cm³/mol. The molecular formula is C11H9N3O2. The Morgan fingerprint density at radius 3 is 2.69 bits per heavy atom. The van der Waals surface area contributed by atoms with Gasteiger partial charge in [0.1, 0.15) is 5.75 Å². The van der Waals surface area contributed by atoms with Gasteiger partial charge in [0.05, 0.1) is 5.69 Å². The van der Waals surface area contributed by atoms with E-state index in [2.05, 4.69) is 9.97 Å². The number of aromatic amines is 1. The third kappa shape index (κ3) is 1.30. The zero-order chi connectivity index (χ0) is 11.1. The highest BCUT2D eigenvalue weighted by Gasteiger charge is 2.08. The topological polar surface area (TPSA) is 88.1 Å². The van der Waals surface area contributed by atoms with Crippen LogP contribution in [-0.2, 0) is 0 Å². The van der Waals surface area contributed by atoms with Crippen LogP contribution in [0.5, 0.6) is 5.75 Å². The number of hydrogen-bond acceptors (Lipinski definition) is 4. The number of nitrogens with one attached hydrogen (secondary N) is 1. The van der Waals surface area contributed by atoms with Gasteiger partial charge in [0.15, 0.2) is 11.2 Å². The summed E-state index contributed by atoms with van der Waals surface area (Å²) in [5.41, 5.74) is 8.49. The van der Waals surface area contributed by atoms with Gasteiger partial charge >= 0.3 is 0 Å². The normalized spacial score (nSPS) is 11.0. The molecule has 4 N–H and O–H groups in total. The highest BCUT2D eigenvalue weighted by atomic mass is 16.4. The van der Waals surface area contributed by atoms with Crippen LogP contribution in [0.2, 0.25) is 0 Å². The van der Waals surface area contributed by atoms with Crippen LogP contribution in [0, 0.1) is 0 Å². The van der Waals surface area contributed by atoms with Crippen molar-refractivity contribution < 1.29 is 9.52 Å². The van der Waals surface area contributed by atoms with E-state index in [0.29, 0.717) is 11.2 Å². The first-order valence-corrected chi connectivity index (χ1v) is 4.77. The summed E-state index contributed by atoms with van der Waals surface area (Å²) in [7, 11) is 0. The number of nitrogens with zero attached hydrogens (tertiary/aromatic N) is 1. The van der Waals surface area contributed by atoms with Crippen LogP contribution in [0.25, 0.3) is 22.5 Å². The maximum absolute atomic E-state index is 9.18. The molecule has 2 heterocycles. The summed E-state index contributed by atoms with van der Waals surface area (Å²) >= 11 is 0. The van der Waals surface area contributed by atoms with Crippen LogP contribution in [0.1, 0.15) is 0 Å². The van der Waals surface area contributed by atoms with Gasteiger partial charge in [0.2, 0.25) is 0 Å². The molecule has 0 saturated heterocycles.